The second-order valence-electron chi connectivity index (χ2n) is 3.64. The van der Waals surface area contributed by atoms with Crippen LogP contribution < -0.4 is 0 Å². The van der Waals surface area contributed by atoms with E-state index >= 15 is 0 Å². The lowest BCUT2D eigenvalue weighted by Crippen LogP contribution is -2.43. The predicted octanol–water partition coefficient (Wildman–Crippen LogP) is -0.385. The first-order valence-electron chi connectivity index (χ1n) is 4.75. The third-order valence-electron chi connectivity index (χ3n) is 2.52. The summed E-state index contributed by atoms with van der Waals surface area (Å²) in [5, 5.41) is 19.3. The second kappa shape index (κ2) is 4.74. The molecule has 4 atom stereocenters. The molecule has 86 valence electrons. The molecule has 1 aliphatic rings. The molecule has 0 saturated heterocycles. The zero-order valence-electron chi connectivity index (χ0n) is 9.01. The van der Waals surface area contributed by atoms with Crippen LogP contribution >= 0.6 is 0 Å². The van der Waals surface area contributed by atoms with Crippen LogP contribution in [0.3, 0.4) is 0 Å². The zero-order chi connectivity index (χ0) is 11.6. The number of ether oxygens (including phenoxy) is 2. The molecule has 5 heteroatoms. The van der Waals surface area contributed by atoms with Crippen LogP contribution in [0.1, 0.15) is 13.8 Å². The summed E-state index contributed by atoms with van der Waals surface area (Å²) in [5.74, 6) is -0.462. The highest BCUT2D eigenvalue weighted by molar-refractivity contribution is 5.90. The average Bonchev–Trinajstić information content (AvgIpc) is 2.56. The average molecular weight is 216 g/mol. The summed E-state index contributed by atoms with van der Waals surface area (Å²) in [6.45, 7) is 3.22. The van der Waals surface area contributed by atoms with E-state index in [4.69, 9.17) is 9.47 Å². The van der Waals surface area contributed by atoms with Crippen molar-refractivity contribution in [1.82, 2.24) is 0 Å². The highest BCUT2D eigenvalue weighted by Gasteiger charge is 2.35. The third-order valence-corrected chi connectivity index (χ3v) is 2.52. The quantitative estimate of drug-likeness (QED) is 0.626. The molecule has 0 aromatic heterocycles. The van der Waals surface area contributed by atoms with Crippen LogP contribution in [0.2, 0.25) is 0 Å². The first-order valence-corrected chi connectivity index (χ1v) is 4.75. The van der Waals surface area contributed by atoms with Gasteiger partial charge in [-0.25, -0.2) is 4.79 Å². The first kappa shape index (κ1) is 12.2. The van der Waals surface area contributed by atoms with E-state index in [1.807, 2.05) is 0 Å². The van der Waals surface area contributed by atoms with Crippen LogP contribution in [0, 0.1) is 0 Å². The normalized spacial score (nSPS) is 26.9. The van der Waals surface area contributed by atoms with Crippen molar-refractivity contribution in [2.45, 2.75) is 38.3 Å². The lowest BCUT2D eigenvalue weighted by molar-refractivity contribution is -0.151. The highest BCUT2D eigenvalue weighted by Crippen LogP contribution is 2.19. The smallest absolute Gasteiger partial charge is 0.334 e. The molecule has 1 rings (SSSR count). The molecule has 0 aromatic carbocycles. The molecular formula is C10H16O5. The fraction of sp³-hybridized carbons (Fsp3) is 0.700. The van der Waals surface area contributed by atoms with Gasteiger partial charge in [-0.3, -0.25) is 0 Å². The molecule has 0 amide bonds. The maximum atomic E-state index is 11.0. The van der Waals surface area contributed by atoms with Crippen molar-refractivity contribution in [3.05, 3.63) is 11.6 Å². The van der Waals surface area contributed by atoms with Crippen molar-refractivity contribution in [2.75, 3.05) is 7.11 Å². The fourth-order valence-corrected chi connectivity index (χ4v) is 1.34. The van der Waals surface area contributed by atoms with E-state index in [1.54, 1.807) is 13.8 Å². The summed E-state index contributed by atoms with van der Waals surface area (Å²) in [6, 6.07) is 0. The summed E-state index contributed by atoms with van der Waals surface area (Å²) in [7, 11) is 1.43. The van der Waals surface area contributed by atoms with Gasteiger partial charge in [-0.05, 0) is 19.9 Å². The van der Waals surface area contributed by atoms with E-state index in [2.05, 4.69) is 0 Å². The van der Waals surface area contributed by atoms with Crippen molar-refractivity contribution in [3.8, 4) is 0 Å². The minimum Gasteiger partial charge on any atom is -0.452 e. The Morgan fingerprint density at radius 3 is 2.53 bits per heavy atom. The van der Waals surface area contributed by atoms with Gasteiger partial charge >= 0.3 is 5.97 Å². The highest BCUT2D eigenvalue weighted by atomic mass is 16.6. The molecule has 0 saturated carbocycles. The number of cyclic esters (lactones) is 1. The van der Waals surface area contributed by atoms with E-state index in [0.29, 0.717) is 5.57 Å². The number of rotatable bonds is 4. The van der Waals surface area contributed by atoms with Gasteiger partial charge in [-0.1, -0.05) is 0 Å². The Bertz CT molecular complexity index is 273. The van der Waals surface area contributed by atoms with Crippen molar-refractivity contribution in [3.63, 3.8) is 0 Å². The number of esters is 1. The molecule has 1 aliphatic heterocycles. The van der Waals surface area contributed by atoms with Gasteiger partial charge in [0.25, 0.3) is 0 Å². The molecule has 15 heavy (non-hydrogen) atoms. The molecule has 0 spiro atoms. The molecule has 1 heterocycles. The Morgan fingerprint density at radius 2 is 2.13 bits per heavy atom. The molecule has 2 N–H and O–H groups in total. The second-order valence-corrected chi connectivity index (χ2v) is 3.64. The Morgan fingerprint density at radius 1 is 1.53 bits per heavy atom. The molecule has 0 radical (unpaired) electrons. The number of aliphatic hydroxyl groups excluding tert-OH is 2. The van der Waals surface area contributed by atoms with Gasteiger partial charge in [-0.2, -0.15) is 0 Å². The van der Waals surface area contributed by atoms with Crippen molar-refractivity contribution < 1.29 is 24.5 Å². The Hall–Kier alpha value is -0.910. The van der Waals surface area contributed by atoms with Gasteiger partial charge in [0.2, 0.25) is 0 Å². The number of methoxy groups -OCH3 is 1. The van der Waals surface area contributed by atoms with Crippen LogP contribution in [0.5, 0.6) is 0 Å². The van der Waals surface area contributed by atoms with Crippen LogP contribution in [0.4, 0.5) is 0 Å². The minimum atomic E-state index is -1.17. The molecule has 0 aromatic rings. The van der Waals surface area contributed by atoms with Gasteiger partial charge in [0.05, 0.1) is 6.10 Å². The van der Waals surface area contributed by atoms with Gasteiger partial charge < -0.3 is 19.7 Å². The molecule has 0 fully saturated rings. The van der Waals surface area contributed by atoms with Gasteiger partial charge in [0.15, 0.2) is 0 Å². The number of aliphatic hydroxyl groups is 2. The van der Waals surface area contributed by atoms with Gasteiger partial charge in [0.1, 0.15) is 18.3 Å². The van der Waals surface area contributed by atoms with E-state index in [9.17, 15) is 15.0 Å². The predicted molar refractivity (Wildman–Crippen MR) is 52.1 cm³/mol. The molecule has 0 bridgehead atoms. The first-order chi connectivity index (χ1) is 6.97. The molecular weight excluding hydrogens is 200 g/mol. The van der Waals surface area contributed by atoms with E-state index in [-0.39, 0.29) is 0 Å². The van der Waals surface area contributed by atoms with E-state index < -0.39 is 30.4 Å². The molecule has 5 nitrogen and oxygen atoms in total. The summed E-state index contributed by atoms with van der Waals surface area (Å²) >= 11 is 0. The lowest BCUT2D eigenvalue weighted by atomic mass is 10.0. The van der Waals surface area contributed by atoms with Crippen LogP contribution in [-0.4, -0.2) is 47.7 Å². The van der Waals surface area contributed by atoms with Crippen LogP contribution in [0.15, 0.2) is 11.6 Å². The standard InChI is InChI=1S/C10H16O5/c1-5-4-7(15-10(5)13)9(12)8(11)6(2)14-3/h4,6-9,11-12H,1-3H3. The lowest BCUT2D eigenvalue weighted by Gasteiger charge is -2.25. The fourth-order valence-electron chi connectivity index (χ4n) is 1.34. The molecule has 0 aliphatic carbocycles. The minimum absolute atomic E-state index is 0.441. The van der Waals surface area contributed by atoms with Gasteiger partial charge in [-0.15, -0.1) is 0 Å². The number of carbonyl (C=O) groups excluding carboxylic acids is 1. The Labute approximate surface area is 88.3 Å². The third kappa shape index (κ3) is 2.56. The topological polar surface area (TPSA) is 76.0 Å². The van der Waals surface area contributed by atoms with Crippen LogP contribution in [0.25, 0.3) is 0 Å². The zero-order valence-corrected chi connectivity index (χ0v) is 9.01. The van der Waals surface area contributed by atoms with Crippen molar-refractivity contribution in [1.29, 1.82) is 0 Å². The van der Waals surface area contributed by atoms with Crippen molar-refractivity contribution in [2.24, 2.45) is 0 Å². The Kier molecular flexibility index (Phi) is 3.84. The summed E-state index contributed by atoms with van der Waals surface area (Å²) < 4.78 is 9.73. The summed E-state index contributed by atoms with van der Waals surface area (Å²) in [6.07, 6.45) is -2.06. The van der Waals surface area contributed by atoms with Crippen LogP contribution in [-0.2, 0) is 14.3 Å². The number of hydrogen-bond donors (Lipinski definition) is 2. The van der Waals surface area contributed by atoms with Crippen molar-refractivity contribution >= 4 is 5.97 Å². The maximum Gasteiger partial charge on any atom is 0.334 e. The largest absolute Gasteiger partial charge is 0.452 e. The summed E-state index contributed by atoms with van der Waals surface area (Å²) in [5.41, 5.74) is 0.441. The SMILES string of the molecule is COC(C)C(O)C(O)C1C=C(C)C(=O)O1. The monoisotopic (exact) mass is 216 g/mol. The number of hydrogen-bond acceptors (Lipinski definition) is 5. The maximum absolute atomic E-state index is 11.0. The molecule has 4 unspecified atom stereocenters. The number of carbonyl (C=O) groups is 1. The van der Waals surface area contributed by atoms with Gasteiger partial charge in [0, 0.05) is 12.7 Å². The van der Waals surface area contributed by atoms with E-state index in [0.717, 1.165) is 0 Å². The summed E-state index contributed by atoms with van der Waals surface area (Å²) in [4.78, 5) is 11.0. The van der Waals surface area contributed by atoms with E-state index in [1.165, 1.54) is 13.2 Å². The Balaban J connectivity index is 2.62.